The van der Waals surface area contributed by atoms with Gasteiger partial charge in [0.25, 0.3) is 0 Å². The van der Waals surface area contributed by atoms with Crippen molar-refractivity contribution in [1.82, 2.24) is 50.0 Å². The largest absolute Gasteiger partial charge is 0.242 e. The molecule has 0 fully saturated rings. The molecular formula is C10H2N10S4. The van der Waals surface area contributed by atoms with Crippen molar-refractivity contribution < 1.29 is 0 Å². The maximum Gasteiger partial charge on any atom is 0.242 e. The second kappa shape index (κ2) is 4.15. The van der Waals surface area contributed by atoms with Gasteiger partial charge in [0.15, 0.2) is 11.3 Å². The number of aromatic nitrogens is 10. The number of thiophene rings is 2. The third kappa shape index (κ3) is 1.40. The Labute approximate surface area is 147 Å². The third-order valence-electron chi connectivity index (χ3n) is 3.69. The Kier molecular flexibility index (Phi) is 2.24. The van der Waals surface area contributed by atoms with Crippen LogP contribution in [0.1, 0.15) is 0 Å². The lowest BCUT2D eigenvalue weighted by atomic mass is 10.3. The van der Waals surface area contributed by atoms with Crippen molar-refractivity contribution in [3.63, 3.8) is 0 Å². The van der Waals surface area contributed by atoms with E-state index in [1.165, 1.54) is 0 Å². The molecule has 116 valence electrons. The number of fused-ring (bicyclic) bond motifs is 9. The van der Waals surface area contributed by atoms with Gasteiger partial charge in [-0.15, -0.1) is 43.1 Å². The fraction of sp³-hybridized carbons (Fsp3) is 0. The van der Waals surface area contributed by atoms with Crippen molar-refractivity contribution in [2.24, 2.45) is 0 Å². The highest BCUT2D eigenvalue weighted by molar-refractivity contribution is 7.71. The molecule has 0 radical (unpaired) electrons. The number of rotatable bonds is 0. The van der Waals surface area contributed by atoms with Gasteiger partial charge >= 0.3 is 0 Å². The van der Waals surface area contributed by atoms with Gasteiger partial charge in [0.1, 0.15) is 20.4 Å². The molecule has 10 nitrogen and oxygen atoms in total. The Hall–Kier alpha value is -2.42. The summed E-state index contributed by atoms with van der Waals surface area (Å²) in [5.41, 5.74) is 2.87. The highest BCUT2D eigenvalue weighted by Crippen LogP contribution is 2.43. The quantitative estimate of drug-likeness (QED) is 0.379. The fourth-order valence-electron chi connectivity index (χ4n) is 2.67. The Morgan fingerprint density at radius 3 is 1.75 bits per heavy atom. The van der Waals surface area contributed by atoms with Crippen LogP contribution in [-0.4, -0.2) is 50.0 Å². The van der Waals surface area contributed by atoms with Gasteiger partial charge in [-0.05, 0) is 24.4 Å². The molecular weight excluding hydrogens is 388 g/mol. The summed E-state index contributed by atoms with van der Waals surface area (Å²) >= 11 is 13.4. The molecule has 0 aliphatic carbocycles. The number of hydrogen-bond donors (Lipinski definition) is 2. The summed E-state index contributed by atoms with van der Waals surface area (Å²) in [4.78, 5) is 0. The van der Waals surface area contributed by atoms with Crippen LogP contribution in [0.5, 0.6) is 0 Å². The van der Waals surface area contributed by atoms with Gasteiger partial charge in [-0.1, -0.05) is 0 Å². The first-order chi connectivity index (χ1) is 11.7. The van der Waals surface area contributed by atoms with Crippen molar-refractivity contribution >= 4 is 88.2 Å². The van der Waals surface area contributed by atoms with E-state index in [1.54, 1.807) is 31.7 Å². The molecule has 14 heteroatoms. The summed E-state index contributed by atoms with van der Waals surface area (Å²) in [7, 11) is 0. The maximum atomic E-state index is 5.12. The molecule has 2 N–H and O–H groups in total. The molecule has 0 saturated heterocycles. The lowest BCUT2D eigenvalue weighted by molar-refractivity contribution is 0.813. The fourth-order valence-corrected chi connectivity index (χ4v) is 5.57. The monoisotopic (exact) mass is 390 g/mol. The standard InChI is InChI=1S/C10H2N10S4/c21-9-15-13-6-4-2(11-17-19(6)9)1-3-5(24-8(1)23-4)7-14-16-10(22)20(7)18-12-3/h17-18H. The third-order valence-corrected chi connectivity index (χ3v) is 6.66. The van der Waals surface area contributed by atoms with Crippen LogP contribution in [0.15, 0.2) is 0 Å². The summed E-state index contributed by atoms with van der Waals surface area (Å²) in [6, 6.07) is 0. The van der Waals surface area contributed by atoms with Gasteiger partial charge in [0.2, 0.25) is 9.54 Å². The molecule has 0 aliphatic rings. The number of nitrogens with zero attached hydrogens (tertiary/aromatic N) is 8. The molecule has 0 aliphatic heterocycles. The molecule has 0 amide bonds. The Bertz CT molecular complexity index is 1440. The molecule has 6 heterocycles. The van der Waals surface area contributed by atoms with Crippen molar-refractivity contribution in [3.8, 4) is 0 Å². The van der Waals surface area contributed by atoms with E-state index in [2.05, 4.69) is 41.0 Å². The van der Waals surface area contributed by atoms with Crippen molar-refractivity contribution in [2.75, 3.05) is 0 Å². The second-order valence-electron chi connectivity index (χ2n) is 4.93. The summed E-state index contributed by atoms with van der Waals surface area (Å²) < 4.78 is 6.73. The Morgan fingerprint density at radius 1 is 0.750 bits per heavy atom. The lowest BCUT2D eigenvalue weighted by Gasteiger charge is -1.95. The van der Waals surface area contributed by atoms with Crippen LogP contribution in [0, 0.1) is 9.54 Å². The molecule has 24 heavy (non-hydrogen) atoms. The zero-order valence-electron chi connectivity index (χ0n) is 11.2. The zero-order chi connectivity index (χ0) is 16.0. The van der Waals surface area contributed by atoms with E-state index < -0.39 is 0 Å². The second-order valence-corrected chi connectivity index (χ2v) is 7.96. The van der Waals surface area contributed by atoms with E-state index in [4.69, 9.17) is 24.4 Å². The van der Waals surface area contributed by atoms with E-state index in [1.807, 2.05) is 0 Å². The number of aromatic amines is 2. The molecule has 0 saturated carbocycles. The van der Waals surface area contributed by atoms with Gasteiger partial charge in [-0.3, -0.25) is 0 Å². The summed E-state index contributed by atoms with van der Waals surface area (Å²) in [6.07, 6.45) is 0. The summed E-state index contributed by atoms with van der Waals surface area (Å²) in [5.74, 6) is 0. The maximum absolute atomic E-state index is 5.12. The van der Waals surface area contributed by atoms with Crippen molar-refractivity contribution in [1.29, 1.82) is 0 Å². The number of nitrogens with one attached hydrogen (secondary N) is 2. The molecule has 0 atom stereocenters. The van der Waals surface area contributed by atoms with Crippen LogP contribution in [0.25, 0.3) is 41.1 Å². The Morgan fingerprint density at radius 2 is 1.25 bits per heavy atom. The van der Waals surface area contributed by atoms with E-state index >= 15 is 0 Å². The minimum absolute atomic E-state index is 0.343. The average molecular weight is 390 g/mol. The summed E-state index contributed by atoms with van der Waals surface area (Å²) in [5, 5.41) is 31.7. The molecule has 6 aromatic rings. The van der Waals surface area contributed by atoms with Gasteiger partial charge in [-0.2, -0.15) is 19.2 Å². The molecule has 0 bridgehead atoms. The first-order valence-electron chi connectivity index (χ1n) is 6.51. The van der Waals surface area contributed by atoms with Crippen LogP contribution in [0.2, 0.25) is 0 Å². The van der Waals surface area contributed by atoms with E-state index in [9.17, 15) is 0 Å². The van der Waals surface area contributed by atoms with Gasteiger partial charge in [0, 0.05) is 0 Å². The first-order valence-corrected chi connectivity index (χ1v) is 8.95. The SMILES string of the molecule is S=c1nnc2c3sc4sc5c(n[nH]n6c(=S)nnc56)c4c3n[nH]n12. The van der Waals surface area contributed by atoms with Gasteiger partial charge < -0.3 is 0 Å². The number of hydrogen-bond acceptors (Lipinski definition) is 10. The smallest absolute Gasteiger partial charge is 0.209 e. The molecule has 6 aromatic heterocycles. The van der Waals surface area contributed by atoms with Crippen LogP contribution in [-0.2, 0) is 0 Å². The van der Waals surface area contributed by atoms with Crippen LogP contribution in [0.3, 0.4) is 0 Å². The minimum atomic E-state index is 0.343. The van der Waals surface area contributed by atoms with E-state index in [-0.39, 0.29) is 0 Å². The zero-order valence-corrected chi connectivity index (χ0v) is 14.5. The molecule has 0 spiro atoms. The predicted octanol–water partition coefficient (Wildman–Crippen LogP) is 2.26. The first kappa shape index (κ1) is 12.9. The normalized spacial score (nSPS) is 12.5. The highest BCUT2D eigenvalue weighted by atomic mass is 32.2. The minimum Gasteiger partial charge on any atom is -0.209 e. The summed E-state index contributed by atoms with van der Waals surface area (Å²) in [6.45, 7) is 0. The topological polar surface area (TPSA) is 118 Å². The molecule has 0 unspecified atom stereocenters. The average Bonchev–Trinajstić information content (AvgIpc) is 3.29. The predicted molar refractivity (Wildman–Crippen MR) is 93.8 cm³/mol. The molecule has 6 rings (SSSR count). The highest BCUT2D eigenvalue weighted by Gasteiger charge is 2.20. The molecule has 0 aromatic carbocycles. The van der Waals surface area contributed by atoms with Crippen molar-refractivity contribution in [2.45, 2.75) is 0 Å². The van der Waals surface area contributed by atoms with E-state index in [0.717, 1.165) is 29.8 Å². The Balaban J connectivity index is 1.89. The number of H-pyrrole nitrogens is 2. The van der Waals surface area contributed by atoms with Crippen LogP contribution in [0.4, 0.5) is 0 Å². The van der Waals surface area contributed by atoms with Gasteiger partial charge in [0.05, 0.1) is 9.40 Å². The van der Waals surface area contributed by atoms with Crippen LogP contribution < -0.4 is 0 Å². The van der Waals surface area contributed by atoms with Crippen LogP contribution >= 0.6 is 47.1 Å². The lowest BCUT2D eigenvalue weighted by Crippen LogP contribution is -1.96. The van der Waals surface area contributed by atoms with E-state index in [0.29, 0.717) is 20.8 Å². The van der Waals surface area contributed by atoms with Gasteiger partial charge in [-0.25, -0.2) is 10.4 Å². The van der Waals surface area contributed by atoms with Crippen molar-refractivity contribution in [3.05, 3.63) is 9.54 Å².